The monoisotopic (exact) mass is 450 g/mol. The number of ether oxygens (including phenoxy) is 1. The molecule has 10 heteroatoms. The summed E-state index contributed by atoms with van der Waals surface area (Å²) >= 11 is 0. The summed E-state index contributed by atoms with van der Waals surface area (Å²) in [5.41, 5.74) is 1.46. The van der Waals surface area contributed by atoms with Crippen molar-refractivity contribution in [2.45, 2.75) is 68.9 Å². The number of fused-ring (bicyclic) bond motifs is 1. The number of hydrogen-bond acceptors (Lipinski definition) is 6. The second-order valence-electron chi connectivity index (χ2n) is 8.31. The predicted octanol–water partition coefficient (Wildman–Crippen LogP) is 3.78. The third-order valence-electron chi connectivity index (χ3n) is 6.06. The van der Waals surface area contributed by atoms with Crippen molar-refractivity contribution in [3.63, 3.8) is 0 Å². The summed E-state index contributed by atoms with van der Waals surface area (Å²) in [6.07, 6.45) is 2.90. The van der Waals surface area contributed by atoms with Crippen molar-refractivity contribution < 1.29 is 22.3 Å². The van der Waals surface area contributed by atoms with Crippen molar-refractivity contribution in [1.29, 1.82) is 0 Å². The molecule has 2 aromatic rings. The van der Waals surface area contributed by atoms with Crippen LogP contribution in [0.2, 0.25) is 0 Å². The minimum atomic E-state index is -3.57. The molecule has 1 aromatic heterocycles. The molecule has 3 N–H and O–H groups in total. The van der Waals surface area contributed by atoms with E-state index in [1.807, 2.05) is 13.8 Å². The van der Waals surface area contributed by atoms with Crippen LogP contribution in [0.15, 0.2) is 23.1 Å². The first-order valence-corrected chi connectivity index (χ1v) is 12.3. The Morgan fingerprint density at radius 2 is 2.19 bits per heavy atom. The Morgan fingerprint density at radius 1 is 1.39 bits per heavy atom. The minimum absolute atomic E-state index is 0.0600. The molecule has 8 nitrogen and oxygen atoms in total. The highest BCUT2D eigenvalue weighted by atomic mass is 32.2. The Morgan fingerprint density at radius 3 is 2.97 bits per heavy atom. The Bertz CT molecular complexity index is 1090. The van der Waals surface area contributed by atoms with Crippen LogP contribution in [0.3, 0.4) is 0 Å². The number of nitrogens with one attached hydrogen (secondary N) is 3. The fourth-order valence-corrected chi connectivity index (χ4v) is 5.78. The molecule has 168 valence electrons. The molecule has 1 amide bonds. The molecule has 0 unspecified atom stereocenters. The lowest BCUT2D eigenvalue weighted by atomic mass is 10.0. The second-order valence-corrected chi connectivity index (χ2v) is 10.4. The van der Waals surface area contributed by atoms with Crippen LogP contribution >= 0.6 is 0 Å². The maximum Gasteiger partial charge on any atom is 0.407 e. The van der Waals surface area contributed by atoms with Crippen molar-refractivity contribution in [2.24, 2.45) is 0 Å². The molecule has 4 rings (SSSR count). The summed E-state index contributed by atoms with van der Waals surface area (Å²) in [5.74, 6) is -0.269. The largest absolute Gasteiger partial charge is 0.446 e. The maximum atomic E-state index is 14.8. The normalized spacial score (nSPS) is 22.7. The van der Waals surface area contributed by atoms with Gasteiger partial charge in [0, 0.05) is 23.7 Å². The van der Waals surface area contributed by atoms with Crippen LogP contribution in [-0.4, -0.2) is 42.6 Å². The molecular weight excluding hydrogens is 423 g/mol. The zero-order chi connectivity index (χ0) is 22.2. The number of H-pyrrole nitrogens is 1. The molecule has 1 aliphatic heterocycles. The van der Waals surface area contributed by atoms with Gasteiger partial charge in [-0.05, 0) is 50.7 Å². The van der Waals surface area contributed by atoms with E-state index in [1.165, 1.54) is 0 Å². The first-order valence-electron chi connectivity index (χ1n) is 10.6. The van der Waals surface area contributed by atoms with Crippen LogP contribution < -0.4 is 10.6 Å². The average molecular weight is 451 g/mol. The topological polar surface area (TPSA) is 113 Å². The van der Waals surface area contributed by atoms with Crippen molar-refractivity contribution in [3.8, 4) is 0 Å². The van der Waals surface area contributed by atoms with Gasteiger partial charge in [-0.15, -0.1) is 0 Å². The van der Waals surface area contributed by atoms with E-state index in [1.54, 1.807) is 18.2 Å². The quantitative estimate of drug-likeness (QED) is 0.617. The van der Waals surface area contributed by atoms with Gasteiger partial charge in [-0.3, -0.25) is 5.10 Å². The van der Waals surface area contributed by atoms with Gasteiger partial charge in [-0.2, -0.15) is 5.10 Å². The van der Waals surface area contributed by atoms with E-state index in [4.69, 9.17) is 4.74 Å². The number of halogens is 1. The molecule has 1 fully saturated rings. The molecule has 0 saturated heterocycles. The number of carbonyl (C=O) groups excluding carboxylic acids is 1. The second kappa shape index (κ2) is 8.49. The molecule has 1 saturated carbocycles. The fourth-order valence-electron chi connectivity index (χ4n) is 4.14. The maximum absolute atomic E-state index is 14.8. The van der Waals surface area contributed by atoms with Crippen molar-refractivity contribution in [2.75, 3.05) is 11.1 Å². The number of aromatic amines is 1. The molecule has 1 aliphatic carbocycles. The van der Waals surface area contributed by atoms with E-state index >= 15 is 0 Å². The summed E-state index contributed by atoms with van der Waals surface area (Å²) in [5, 5.41) is 12.8. The minimum Gasteiger partial charge on any atom is -0.446 e. The van der Waals surface area contributed by atoms with E-state index in [9.17, 15) is 17.6 Å². The van der Waals surface area contributed by atoms with Gasteiger partial charge in [0.25, 0.3) is 0 Å². The predicted molar refractivity (Wildman–Crippen MR) is 114 cm³/mol. The lowest BCUT2D eigenvalue weighted by molar-refractivity contribution is 0.0974. The first kappa shape index (κ1) is 21.6. The highest BCUT2D eigenvalue weighted by Gasteiger charge is 2.32. The third kappa shape index (κ3) is 4.53. The SMILES string of the molecule is CC[C@H](C)NC(=O)O[C@H]1CC[C@@H](c2cc(Nc3ccc4c(c3F)S(=O)(=O)CC4)n[nH]2)C1. The van der Waals surface area contributed by atoms with Gasteiger partial charge in [0.1, 0.15) is 11.0 Å². The van der Waals surface area contributed by atoms with Gasteiger partial charge in [0.2, 0.25) is 0 Å². The number of nitrogens with zero attached hydrogens (tertiary/aromatic N) is 1. The lowest BCUT2D eigenvalue weighted by Crippen LogP contribution is -2.34. The van der Waals surface area contributed by atoms with Crippen LogP contribution in [0.4, 0.5) is 20.7 Å². The smallest absolute Gasteiger partial charge is 0.407 e. The zero-order valence-corrected chi connectivity index (χ0v) is 18.4. The molecule has 2 heterocycles. The number of carbonyl (C=O) groups is 1. The average Bonchev–Trinajstić information content (AvgIpc) is 3.43. The van der Waals surface area contributed by atoms with Crippen LogP contribution in [0.25, 0.3) is 0 Å². The molecule has 0 radical (unpaired) electrons. The van der Waals surface area contributed by atoms with Crippen molar-refractivity contribution >= 4 is 27.4 Å². The van der Waals surface area contributed by atoms with Gasteiger partial charge >= 0.3 is 6.09 Å². The number of hydrogen-bond donors (Lipinski definition) is 3. The Balaban J connectivity index is 1.39. The van der Waals surface area contributed by atoms with Crippen LogP contribution in [-0.2, 0) is 21.0 Å². The van der Waals surface area contributed by atoms with Crippen LogP contribution in [0.5, 0.6) is 0 Å². The number of anilines is 2. The number of amides is 1. The van der Waals surface area contributed by atoms with Crippen molar-refractivity contribution in [3.05, 3.63) is 35.3 Å². The van der Waals surface area contributed by atoms with Crippen LogP contribution in [0, 0.1) is 5.82 Å². The van der Waals surface area contributed by atoms with E-state index in [0.717, 1.165) is 25.0 Å². The van der Waals surface area contributed by atoms with E-state index in [0.29, 0.717) is 24.2 Å². The Labute approximate surface area is 180 Å². The van der Waals surface area contributed by atoms with Gasteiger partial charge in [0.05, 0.1) is 11.4 Å². The van der Waals surface area contributed by atoms with Gasteiger partial charge < -0.3 is 15.4 Å². The molecule has 3 atom stereocenters. The van der Waals surface area contributed by atoms with E-state index in [-0.39, 0.29) is 34.4 Å². The first-order chi connectivity index (χ1) is 14.8. The zero-order valence-electron chi connectivity index (χ0n) is 17.6. The number of alkyl carbamates (subject to hydrolysis) is 1. The summed E-state index contributed by atoms with van der Waals surface area (Å²) < 4.78 is 44.5. The summed E-state index contributed by atoms with van der Waals surface area (Å²) in [7, 11) is -3.57. The Hall–Kier alpha value is -2.62. The van der Waals surface area contributed by atoms with Gasteiger partial charge in [0.15, 0.2) is 21.5 Å². The highest BCUT2D eigenvalue weighted by Crippen LogP contribution is 2.37. The summed E-state index contributed by atoms with van der Waals surface area (Å²) in [6.45, 7) is 3.92. The molecule has 2 aliphatic rings. The van der Waals surface area contributed by atoms with Gasteiger partial charge in [-0.1, -0.05) is 13.0 Å². The molecular formula is C21H27FN4O4S. The van der Waals surface area contributed by atoms with E-state index in [2.05, 4.69) is 20.8 Å². The molecule has 31 heavy (non-hydrogen) atoms. The highest BCUT2D eigenvalue weighted by molar-refractivity contribution is 7.91. The molecule has 0 bridgehead atoms. The lowest BCUT2D eigenvalue weighted by Gasteiger charge is -2.16. The molecule has 1 aromatic carbocycles. The number of rotatable bonds is 6. The number of aryl methyl sites for hydroxylation is 1. The van der Waals surface area contributed by atoms with Gasteiger partial charge in [-0.25, -0.2) is 17.6 Å². The Kier molecular flexibility index (Phi) is 5.92. The number of sulfone groups is 1. The third-order valence-corrected chi connectivity index (χ3v) is 7.87. The summed E-state index contributed by atoms with van der Waals surface area (Å²) in [6, 6.07) is 5.04. The van der Waals surface area contributed by atoms with Crippen molar-refractivity contribution in [1.82, 2.24) is 15.5 Å². The van der Waals surface area contributed by atoms with Crippen LogP contribution in [0.1, 0.15) is 56.7 Å². The van der Waals surface area contributed by atoms with E-state index < -0.39 is 21.7 Å². The number of aromatic nitrogens is 2. The molecule has 0 spiro atoms. The number of benzene rings is 1. The standard InChI is InChI=1S/C21H27FN4O4S/c1-3-12(2)23-21(27)30-15-6-4-14(10-15)17-11-18(26-25-17)24-16-7-5-13-8-9-31(28,29)20(13)19(16)22/h5,7,11-12,14-15H,3-4,6,8-10H2,1-2H3,(H,23,27)(H2,24,25,26)/t12-,14+,15-/m0/s1. The summed E-state index contributed by atoms with van der Waals surface area (Å²) in [4.78, 5) is 11.7. The fraction of sp³-hybridized carbons (Fsp3) is 0.524.